The number of fused-ring (bicyclic) bond motifs is 2. The third-order valence-corrected chi connectivity index (χ3v) is 4.61. The molecule has 0 aromatic heterocycles. The third-order valence-electron chi connectivity index (χ3n) is 4.00. The van der Waals surface area contributed by atoms with Gasteiger partial charge in [0.2, 0.25) is 0 Å². The van der Waals surface area contributed by atoms with Gasteiger partial charge in [-0.25, -0.2) is 4.39 Å². The number of hydrogen-bond acceptors (Lipinski definition) is 2. The van der Waals surface area contributed by atoms with Crippen molar-refractivity contribution in [3.8, 4) is 5.75 Å². The van der Waals surface area contributed by atoms with Gasteiger partial charge in [-0.1, -0.05) is 0 Å². The first-order valence-electron chi connectivity index (χ1n) is 6.04. The number of nitrogen functional groups attached to an aromatic ring is 1. The summed E-state index contributed by atoms with van der Waals surface area (Å²) in [4.78, 5) is 0. The molecule has 92 valence electrons. The molecule has 2 N–H and O–H groups in total. The van der Waals surface area contributed by atoms with Crippen molar-refractivity contribution in [2.24, 2.45) is 11.8 Å². The van der Waals surface area contributed by atoms with Gasteiger partial charge >= 0.3 is 0 Å². The number of nitrogens with two attached hydrogens (primary N) is 1. The first-order valence-corrected chi connectivity index (χ1v) is 6.84. The van der Waals surface area contributed by atoms with Crippen molar-refractivity contribution in [2.75, 3.05) is 5.73 Å². The molecule has 2 nitrogen and oxygen atoms in total. The van der Waals surface area contributed by atoms with Crippen molar-refractivity contribution in [2.45, 2.75) is 31.8 Å². The molecule has 0 heterocycles. The van der Waals surface area contributed by atoms with Gasteiger partial charge in [-0.3, -0.25) is 0 Å². The zero-order valence-corrected chi connectivity index (χ0v) is 11.0. The lowest BCUT2D eigenvalue weighted by Gasteiger charge is -2.24. The second-order valence-corrected chi connectivity index (χ2v) is 5.99. The molecule has 2 saturated carbocycles. The van der Waals surface area contributed by atoms with Gasteiger partial charge in [0.05, 0.1) is 10.2 Å². The number of anilines is 1. The molecule has 4 heteroatoms. The third kappa shape index (κ3) is 2.03. The van der Waals surface area contributed by atoms with Crippen LogP contribution in [0.3, 0.4) is 0 Å². The van der Waals surface area contributed by atoms with Gasteiger partial charge in [0.15, 0.2) is 0 Å². The Hall–Kier alpha value is -0.770. The Morgan fingerprint density at radius 3 is 2.76 bits per heavy atom. The Bertz CT molecular complexity index is 451. The largest absolute Gasteiger partial charge is 0.488 e. The van der Waals surface area contributed by atoms with Crippen LogP contribution in [0, 0.1) is 17.7 Å². The normalized spacial score (nSPS) is 30.8. The minimum absolute atomic E-state index is 0.233. The lowest BCUT2D eigenvalue weighted by atomic mass is 9.98. The second kappa shape index (κ2) is 4.16. The number of hydrogen-bond donors (Lipinski definition) is 1. The molecular weight excluding hydrogens is 285 g/mol. The molecule has 3 rings (SSSR count). The van der Waals surface area contributed by atoms with Crippen molar-refractivity contribution >= 4 is 21.6 Å². The lowest BCUT2D eigenvalue weighted by Crippen LogP contribution is -2.23. The van der Waals surface area contributed by atoms with Gasteiger partial charge in [0.1, 0.15) is 17.7 Å². The molecule has 1 aromatic rings. The zero-order chi connectivity index (χ0) is 12.0. The number of ether oxygens (including phenoxy) is 1. The first-order chi connectivity index (χ1) is 8.13. The summed E-state index contributed by atoms with van der Waals surface area (Å²) in [5.41, 5.74) is 6.35. The number of halogens is 2. The lowest BCUT2D eigenvalue weighted by molar-refractivity contribution is 0.139. The molecule has 17 heavy (non-hydrogen) atoms. The molecule has 0 spiro atoms. The van der Waals surface area contributed by atoms with Gasteiger partial charge in [-0.05, 0) is 59.5 Å². The molecule has 0 radical (unpaired) electrons. The van der Waals surface area contributed by atoms with Crippen LogP contribution in [0.2, 0.25) is 0 Å². The van der Waals surface area contributed by atoms with E-state index < -0.39 is 0 Å². The minimum atomic E-state index is -0.322. The second-order valence-electron chi connectivity index (χ2n) is 5.14. The van der Waals surface area contributed by atoms with Gasteiger partial charge in [0.25, 0.3) is 0 Å². The van der Waals surface area contributed by atoms with Gasteiger partial charge in [0, 0.05) is 6.07 Å². The van der Waals surface area contributed by atoms with E-state index >= 15 is 0 Å². The number of rotatable bonds is 2. The van der Waals surface area contributed by atoms with E-state index in [2.05, 4.69) is 15.9 Å². The molecule has 2 bridgehead atoms. The van der Waals surface area contributed by atoms with Crippen LogP contribution in [0.5, 0.6) is 5.75 Å². The van der Waals surface area contributed by atoms with Crippen LogP contribution in [-0.4, -0.2) is 6.10 Å². The molecule has 3 unspecified atom stereocenters. The maximum Gasteiger partial charge on any atom is 0.145 e. The Morgan fingerprint density at radius 2 is 2.12 bits per heavy atom. The summed E-state index contributed by atoms with van der Waals surface area (Å²) in [6, 6.07) is 2.95. The van der Waals surface area contributed by atoms with E-state index in [0.29, 0.717) is 21.8 Å². The average Bonchev–Trinajstić information content (AvgIpc) is 2.87. The summed E-state index contributed by atoms with van der Waals surface area (Å²) >= 11 is 3.11. The van der Waals surface area contributed by atoms with Crippen LogP contribution in [0.4, 0.5) is 10.1 Å². The Labute approximate surface area is 108 Å². The fourth-order valence-corrected chi connectivity index (χ4v) is 3.50. The van der Waals surface area contributed by atoms with Crippen molar-refractivity contribution in [3.05, 3.63) is 22.4 Å². The topological polar surface area (TPSA) is 35.2 Å². The van der Waals surface area contributed by atoms with Crippen LogP contribution in [0.1, 0.15) is 25.7 Å². The minimum Gasteiger partial charge on any atom is -0.488 e. The smallest absolute Gasteiger partial charge is 0.145 e. The number of benzene rings is 1. The maximum atomic E-state index is 13.4. The molecule has 2 fully saturated rings. The SMILES string of the molecule is Nc1cc(Br)c(F)cc1OC1CC2CCC1C2. The molecule has 2 aliphatic rings. The highest BCUT2D eigenvalue weighted by atomic mass is 79.9. The Kier molecular flexibility index (Phi) is 2.77. The maximum absolute atomic E-state index is 13.4. The zero-order valence-electron chi connectivity index (χ0n) is 9.46. The summed E-state index contributed by atoms with van der Waals surface area (Å²) < 4.78 is 19.7. The fourth-order valence-electron chi connectivity index (χ4n) is 3.14. The van der Waals surface area contributed by atoms with E-state index in [0.717, 1.165) is 12.3 Å². The molecule has 0 aliphatic heterocycles. The highest BCUT2D eigenvalue weighted by molar-refractivity contribution is 9.10. The highest BCUT2D eigenvalue weighted by Crippen LogP contribution is 2.46. The summed E-state index contributed by atoms with van der Waals surface area (Å²) in [5.74, 6) is 1.62. The summed E-state index contributed by atoms with van der Waals surface area (Å²) in [6.07, 6.45) is 5.17. The van der Waals surface area contributed by atoms with E-state index in [1.165, 1.54) is 25.3 Å². The van der Waals surface area contributed by atoms with Crippen molar-refractivity contribution < 1.29 is 9.13 Å². The highest BCUT2D eigenvalue weighted by Gasteiger charge is 2.41. The van der Waals surface area contributed by atoms with Crippen LogP contribution in [0.25, 0.3) is 0 Å². The van der Waals surface area contributed by atoms with E-state index in [-0.39, 0.29) is 11.9 Å². The monoisotopic (exact) mass is 299 g/mol. The van der Waals surface area contributed by atoms with Gasteiger partial charge in [-0.15, -0.1) is 0 Å². The first kappa shape index (κ1) is 11.3. The van der Waals surface area contributed by atoms with E-state index in [4.69, 9.17) is 10.5 Å². The predicted molar refractivity (Wildman–Crippen MR) is 68.4 cm³/mol. The van der Waals surface area contributed by atoms with Gasteiger partial charge in [-0.2, -0.15) is 0 Å². The van der Waals surface area contributed by atoms with Gasteiger partial charge < -0.3 is 10.5 Å². The summed E-state index contributed by atoms with van der Waals surface area (Å²) in [7, 11) is 0. The molecular formula is C13H15BrFNO. The summed E-state index contributed by atoms with van der Waals surface area (Å²) in [5, 5.41) is 0. The fraction of sp³-hybridized carbons (Fsp3) is 0.538. The van der Waals surface area contributed by atoms with Crippen LogP contribution in [-0.2, 0) is 0 Å². The van der Waals surface area contributed by atoms with Crippen LogP contribution < -0.4 is 10.5 Å². The molecule has 3 atom stereocenters. The molecule has 0 saturated heterocycles. The Morgan fingerprint density at radius 1 is 1.29 bits per heavy atom. The quantitative estimate of drug-likeness (QED) is 0.845. The van der Waals surface area contributed by atoms with Crippen LogP contribution in [0.15, 0.2) is 16.6 Å². The van der Waals surface area contributed by atoms with E-state index in [9.17, 15) is 4.39 Å². The average molecular weight is 300 g/mol. The van der Waals surface area contributed by atoms with E-state index in [1.54, 1.807) is 6.07 Å². The summed E-state index contributed by atoms with van der Waals surface area (Å²) in [6.45, 7) is 0. The molecule has 1 aromatic carbocycles. The van der Waals surface area contributed by atoms with Crippen molar-refractivity contribution in [3.63, 3.8) is 0 Å². The van der Waals surface area contributed by atoms with E-state index in [1.807, 2.05) is 0 Å². The van der Waals surface area contributed by atoms with Crippen molar-refractivity contribution in [1.82, 2.24) is 0 Å². The Balaban J connectivity index is 1.79. The molecule has 2 aliphatic carbocycles. The van der Waals surface area contributed by atoms with Crippen LogP contribution >= 0.6 is 15.9 Å². The van der Waals surface area contributed by atoms with Crippen molar-refractivity contribution in [1.29, 1.82) is 0 Å². The predicted octanol–water partition coefficient (Wildman–Crippen LogP) is 3.74. The molecule has 0 amide bonds. The standard InChI is InChI=1S/C13H15BrFNO/c14-9-5-11(16)13(6-10(9)15)17-12-4-7-1-2-8(12)3-7/h5-8,12H,1-4,16H2.